The van der Waals surface area contributed by atoms with E-state index >= 15 is 0 Å². The first-order valence-electron chi connectivity index (χ1n) is 12.8. The highest BCUT2D eigenvalue weighted by molar-refractivity contribution is 6.18. The van der Waals surface area contributed by atoms with Gasteiger partial charge in [0.1, 0.15) is 6.10 Å². The minimum atomic E-state index is -1.14. The Labute approximate surface area is 224 Å². The van der Waals surface area contributed by atoms with Crippen molar-refractivity contribution in [2.75, 3.05) is 5.88 Å². The Bertz CT molecular complexity index is 903. The Balaban J connectivity index is 1.89. The third-order valence-electron chi connectivity index (χ3n) is 6.54. The molecule has 0 aromatic carbocycles. The van der Waals surface area contributed by atoms with Gasteiger partial charge in [-0.15, -0.1) is 11.6 Å². The van der Waals surface area contributed by atoms with Crippen molar-refractivity contribution in [2.24, 2.45) is 16.1 Å². The molecule has 10 heteroatoms. The number of hydrogen-bond acceptors (Lipinski definition) is 8. The van der Waals surface area contributed by atoms with E-state index in [1.54, 1.807) is 6.21 Å². The molecule has 9 nitrogen and oxygen atoms in total. The SMILES string of the molecule is CC(=O)OC(C)C/C=N\N=C1/CC(C)C(CC=C(C)C=CC2CC(O)(CCl)CC(CC(=O)O)O2)OC1C. The van der Waals surface area contributed by atoms with Crippen molar-refractivity contribution < 1.29 is 34.0 Å². The van der Waals surface area contributed by atoms with Crippen molar-refractivity contribution in [1.82, 2.24) is 0 Å². The molecule has 2 aliphatic heterocycles. The minimum absolute atomic E-state index is 0.0325. The average Bonchev–Trinajstić information content (AvgIpc) is 2.80. The number of carboxylic acids is 1. The second kappa shape index (κ2) is 14.8. The maximum absolute atomic E-state index is 11.1. The highest BCUT2D eigenvalue weighted by atomic mass is 35.5. The molecule has 2 fully saturated rings. The molecule has 2 N–H and O–H groups in total. The van der Waals surface area contributed by atoms with Gasteiger partial charge in [0.25, 0.3) is 0 Å². The van der Waals surface area contributed by atoms with Crippen LogP contribution in [0.3, 0.4) is 0 Å². The van der Waals surface area contributed by atoms with E-state index in [9.17, 15) is 14.7 Å². The summed E-state index contributed by atoms with van der Waals surface area (Å²) < 4.78 is 17.1. The second-order valence-electron chi connectivity index (χ2n) is 10.2. The Kier molecular flexibility index (Phi) is 12.4. The number of rotatable bonds is 11. The number of esters is 1. The van der Waals surface area contributed by atoms with Gasteiger partial charge >= 0.3 is 11.9 Å². The van der Waals surface area contributed by atoms with Crippen molar-refractivity contribution in [2.45, 2.75) is 109 Å². The molecular weight excluding hydrogens is 500 g/mol. The lowest BCUT2D eigenvalue weighted by Crippen LogP contribution is -2.46. The van der Waals surface area contributed by atoms with E-state index in [1.807, 2.05) is 32.9 Å². The van der Waals surface area contributed by atoms with Gasteiger partial charge in [0, 0.05) is 32.4 Å². The molecule has 0 aromatic rings. The molecule has 0 spiro atoms. The molecule has 0 radical (unpaired) electrons. The molecule has 0 aromatic heterocycles. The van der Waals surface area contributed by atoms with Gasteiger partial charge < -0.3 is 24.4 Å². The lowest BCUT2D eigenvalue weighted by Gasteiger charge is -2.39. The number of aliphatic hydroxyl groups is 1. The smallest absolute Gasteiger partial charge is 0.305 e. The quantitative estimate of drug-likeness (QED) is 0.130. The highest BCUT2D eigenvalue weighted by Gasteiger charge is 2.39. The summed E-state index contributed by atoms with van der Waals surface area (Å²) >= 11 is 5.95. The van der Waals surface area contributed by atoms with E-state index in [0.717, 1.165) is 24.1 Å². The molecule has 0 bridgehead atoms. The topological polar surface area (TPSA) is 127 Å². The van der Waals surface area contributed by atoms with Gasteiger partial charge in [-0.2, -0.15) is 10.2 Å². The Hall–Kier alpha value is -2.07. The molecular formula is C27H41ClN2O7. The zero-order valence-corrected chi connectivity index (χ0v) is 23.2. The van der Waals surface area contributed by atoms with Crippen molar-refractivity contribution in [3.05, 3.63) is 23.8 Å². The molecule has 37 heavy (non-hydrogen) atoms. The molecule has 0 amide bonds. The van der Waals surface area contributed by atoms with Gasteiger partial charge in [-0.05, 0) is 39.5 Å². The number of halogens is 1. The van der Waals surface area contributed by atoms with E-state index in [4.69, 9.17) is 30.9 Å². The number of aliphatic carboxylic acids is 1. The summed E-state index contributed by atoms with van der Waals surface area (Å²) in [5.41, 5.74) is 0.767. The zero-order valence-electron chi connectivity index (χ0n) is 22.4. The first-order chi connectivity index (χ1) is 17.4. The van der Waals surface area contributed by atoms with Crippen LogP contribution in [-0.4, -0.2) is 76.1 Å². The first kappa shape index (κ1) is 31.1. The van der Waals surface area contributed by atoms with Crippen LogP contribution in [0.15, 0.2) is 34.0 Å². The lowest BCUT2D eigenvalue weighted by atomic mass is 9.87. The van der Waals surface area contributed by atoms with Crippen LogP contribution in [0.2, 0.25) is 0 Å². The van der Waals surface area contributed by atoms with Crippen LogP contribution in [0.4, 0.5) is 0 Å². The average molecular weight is 541 g/mol. The zero-order chi connectivity index (χ0) is 27.6. The number of hydrogen-bond donors (Lipinski definition) is 2. The molecule has 208 valence electrons. The van der Waals surface area contributed by atoms with Gasteiger partial charge in [0.15, 0.2) is 0 Å². The summed E-state index contributed by atoms with van der Waals surface area (Å²) in [6, 6.07) is 0. The van der Waals surface area contributed by atoms with E-state index in [-0.39, 0.29) is 48.9 Å². The first-order valence-corrected chi connectivity index (χ1v) is 13.4. The normalized spacial score (nSPS) is 33.2. The fourth-order valence-electron chi connectivity index (χ4n) is 4.55. The largest absolute Gasteiger partial charge is 0.481 e. The highest BCUT2D eigenvalue weighted by Crippen LogP contribution is 2.32. The van der Waals surface area contributed by atoms with Crippen molar-refractivity contribution >= 4 is 35.5 Å². The monoisotopic (exact) mass is 540 g/mol. The fraction of sp³-hybridized carbons (Fsp3) is 0.704. The summed E-state index contributed by atoms with van der Waals surface area (Å²) in [5, 5.41) is 28.2. The minimum Gasteiger partial charge on any atom is -0.481 e. The number of alkyl halides is 1. The molecule has 0 aliphatic carbocycles. The Morgan fingerprint density at radius 1 is 1.27 bits per heavy atom. The van der Waals surface area contributed by atoms with E-state index < -0.39 is 23.8 Å². The summed E-state index contributed by atoms with van der Waals surface area (Å²) in [5.74, 6) is -0.987. The second-order valence-corrected chi connectivity index (χ2v) is 10.5. The van der Waals surface area contributed by atoms with Crippen molar-refractivity contribution in [1.29, 1.82) is 0 Å². The number of ether oxygens (including phenoxy) is 3. The number of nitrogens with zero attached hydrogens (tertiary/aromatic N) is 2. The van der Waals surface area contributed by atoms with Gasteiger partial charge in [-0.1, -0.05) is 30.7 Å². The summed E-state index contributed by atoms with van der Waals surface area (Å²) in [6.45, 7) is 9.27. The molecule has 2 rings (SSSR count). The van der Waals surface area contributed by atoms with E-state index in [2.05, 4.69) is 23.2 Å². The Morgan fingerprint density at radius 2 is 2.00 bits per heavy atom. The number of allylic oxidation sites excluding steroid dienone is 2. The van der Waals surface area contributed by atoms with Crippen LogP contribution in [0.5, 0.6) is 0 Å². The molecule has 7 unspecified atom stereocenters. The van der Waals surface area contributed by atoms with Crippen LogP contribution < -0.4 is 0 Å². The van der Waals surface area contributed by atoms with Crippen LogP contribution in [0, 0.1) is 5.92 Å². The summed E-state index contributed by atoms with van der Waals surface area (Å²) in [4.78, 5) is 22.1. The number of carboxylic acid groups (broad SMARTS) is 1. The van der Waals surface area contributed by atoms with Gasteiger partial charge in [0.05, 0.1) is 48.0 Å². The molecule has 7 atom stereocenters. The predicted octanol–water partition coefficient (Wildman–Crippen LogP) is 4.45. The fourth-order valence-corrected chi connectivity index (χ4v) is 4.76. The third kappa shape index (κ3) is 11.1. The summed E-state index contributed by atoms with van der Waals surface area (Å²) in [7, 11) is 0. The van der Waals surface area contributed by atoms with E-state index in [1.165, 1.54) is 6.92 Å². The standard InChI is InChI=1S/C27H41ClN2O7/c1-17(6-8-22-14-27(34,16-28)15-23(37-22)13-26(32)33)7-9-25-18(2)12-24(20(4)36-25)30-29-11-10-19(3)35-21(5)31/h6-8,11,18-20,22-23,25,34H,9-10,12-16H2,1-5H3,(H,32,33)/b8-6?,17-7?,29-11-,30-24+. The van der Waals surface area contributed by atoms with Gasteiger partial charge in [0.2, 0.25) is 0 Å². The van der Waals surface area contributed by atoms with Gasteiger partial charge in [-0.25, -0.2) is 0 Å². The van der Waals surface area contributed by atoms with Crippen LogP contribution in [0.25, 0.3) is 0 Å². The number of carbonyl (C=O) groups excluding carboxylic acids is 1. The lowest BCUT2D eigenvalue weighted by molar-refractivity contribution is -0.150. The van der Waals surface area contributed by atoms with Gasteiger partial charge in [-0.3, -0.25) is 9.59 Å². The predicted molar refractivity (Wildman–Crippen MR) is 143 cm³/mol. The van der Waals surface area contributed by atoms with Crippen LogP contribution in [-0.2, 0) is 23.8 Å². The van der Waals surface area contributed by atoms with Crippen molar-refractivity contribution in [3.63, 3.8) is 0 Å². The molecule has 2 heterocycles. The molecule has 2 aliphatic rings. The maximum Gasteiger partial charge on any atom is 0.305 e. The molecule has 0 saturated carbocycles. The maximum atomic E-state index is 11.1. The Morgan fingerprint density at radius 3 is 2.65 bits per heavy atom. The van der Waals surface area contributed by atoms with Crippen LogP contribution >= 0.6 is 11.6 Å². The van der Waals surface area contributed by atoms with Crippen LogP contribution in [0.1, 0.15) is 73.1 Å². The summed E-state index contributed by atoms with van der Waals surface area (Å²) in [6.07, 6.45) is 8.58. The molecule has 2 saturated heterocycles. The number of carbonyl (C=O) groups is 2. The third-order valence-corrected chi connectivity index (χ3v) is 7.04. The van der Waals surface area contributed by atoms with Crippen molar-refractivity contribution in [3.8, 4) is 0 Å². The van der Waals surface area contributed by atoms with E-state index in [0.29, 0.717) is 12.8 Å².